The number of nitrogens with one attached hydrogen (secondary N) is 1. The molecule has 0 spiro atoms. The molecule has 1 N–H and O–H groups in total. The van der Waals surface area contributed by atoms with Crippen LogP contribution in [0, 0.1) is 0 Å². The zero-order valence-electron chi connectivity index (χ0n) is 13.3. The van der Waals surface area contributed by atoms with E-state index in [0.717, 1.165) is 36.2 Å². The van der Waals surface area contributed by atoms with E-state index in [1.807, 2.05) is 12.1 Å². The first-order valence-corrected chi connectivity index (χ1v) is 8.94. The van der Waals surface area contributed by atoms with E-state index in [1.165, 1.54) is 17.7 Å². The molecule has 122 valence electrons. The molecule has 2 heterocycles. The summed E-state index contributed by atoms with van der Waals surface area (Å²) in [5, 5.41) is 5.01. The van der Waals surface area contributed by atoms with Crippen LogP contribution in [0.25, 0.3) is 0 Å². The third-order valence-corrected chi connectivity index (χ3v) is 4.92. The molecule has 1 aromatic carbocycles. The molecule has 5 heteroatoms. The topological polar surface area (TPSA) is 20.2 Å². The molecule has 0 unspecified atom stereocenters. The number of thiocarbonyl (C=S) groups is 1. The average molecular weight is 348 g/mol. The number of aromatic nitrogens is 1. The van der Waals surface area contributed by atoms with Crippen molar-refractivity contribution in [1.82, 2.24) is 14.8 Å². The molecule has 0 bridgehead atoms. The largest absolute Gasteiger partial charge is 0.363 e. The Labute approximate surface area is 148 Å². The van der Waals surface area contributed by atoms with Gasteiger partial charge in [-0.2, -0.15) is 0 Å². The third kappa shape index (κ3) is 3.54. The molecule has 0 fully saturated rings. The normalized spacial score (nSPS) is 17.0. The van der Waals surface area contributed by atoms with Gasteiger partial charge in [-0.1, -0.05) is 37.1 Å². The minimum absolute atomic E-state index is 0.137. The number of unbranched alkanes of at least 4 members (excludes halogenated alkanes) is 1. The highest BCUT2D eigenvalue weighted by molar-refractivity contribution is 7.80. The smallest absolute Gasteiger partial charge is 0.169 e. The van der Waals surface area contributed by atoms with Gasteiger partial charge in [-0.05, 0) is 48.5 Å². The van der Waals surface area contributed by atoms with E-state index in [9.17, 15) is 0 Å². The van der Waals surface area contributed by atoms with Crippen molar-refractivity contribution in [2.24, 2.45) is 0 Å². The van der Waals surface area contributed by atoms with Crippen molar-refractivity contribution in [3.05, 3.63) is 58.9 Å². The molecule has 1 aliphatic rings. The van der Waals surface area contributed by atoms with Gasteiger partial charge in [-0.25, -0.2) is 0 Å². The van der Waals surface area contributed by atoms with Gasteiger partial charge in [-0.15, -0.1) is 0 Å². The maximum atomic E-state index is 6.06. The Balaban J connectivity index is 1.89. The SMILES string of the molecule is CCCCNC(=S)N1CCn2cccc2[C@H]1c1ccc(Cl)cc1. The lowest BCUT2D eigenvalue weighted by molar-refractivity contribution is 0.286. The number of rotatable bonds is 4. The Morgan fingerprint density at radius 2 is 2.04 bits per heavy atom. The number of halogens is 1. The van der Waals surface area contributed by atoms with Crippen LogP contribution in [-0.4, -0.2) is 27.7 Å². The van der Waals surface area contributed by atoms with Gasteiger partial charge < -0.3 is 14.8 Å². The Bertz CT molecular complexity index is 665. The van der Waals surface area contributed by atoms with Crippen LogP contribution in [0.1, 0.15) is 37.1 Å². The molecule has 1 atom stereocenters. The first-order chi connectivity index (χ1) is 11.2. The van der Waals surface area contributed by atoms with E-state index in [4.69, 9.17) is 23.8 Å². The molecule has 3 nitrogen and oxygen atoms in total. The fraction of sp³-hybridized carbons (Fsp3) is 0.389. The summed E-state index contributed by atoms with van der Waals surface area (Å²) in [5.74, 6) is 0. The van der Waals surface area contributed by atoms with Crippen molar-refractivity contribution in [1.29, 1.82) is 0 Å². The van der Waals surface area contributed by atoms with Crippen LogP contribution in [0.4, 0.5) is 0 Å². The van der Waals surface area contributed by atoms with Crippen molar-refractivity contribution in [2.75, 3.05) is 13.1 Å². The highest BCUT2D eigenvalue weighted by Crippen LogP contribution is 2.33. The molecule has 0 aliphatic carbocycles. The summed E-state index contributed by atoms with van der Waals surface area (Å²) >= 11 is 11.7. The van der Waals surface area contributed by atoms with Gasteiger partial charge in [0.05, 0.1) is 6.04 Å². The predicted molar refractivity (Wildman–Crippen MR) is 99.9 cm³/mol. The molecule has 23 heavy (non-hydrogen) atoms. The maximum absolute atomic E-state index is 6.06. The van der Waals surface area contributed by atoms with E-state index in [2.05, 4.69) is 52.2 Å². The Morgan fingerprint density at radius 3 is 2.78 bits per heavy atom. The molecular weight excluding hydrogens is 326 g/mol. The first-order valence-electron chi connectivity index (χ1n) is 8.15. The first kappa shape index (κ1) is 16.3. The number of benzene rings is 1. The highest BCUT2D eigenvalue weighted by Gasteiger charge is 2.30. The molecule has 0 saturated heterocycles. The van der Waals surface area contributed by atoms with Crippen LogP contribution in [0.2, 0.25) is 5.02 Å². The van der Waals surface area contributed by atoms with E-state index in [-0.39, 0.29) is 6.04 Å². The second kappa shape index (κ2) is 7.37. The Kier molecular flexibility index (Phi) is 5.23. The summed E-state index contributed by atoms with van der Waals surface area (Å²) < 4.78 is 2.31. The maximum Gasteiger partial charge on any atom is 0.169 e. The van der Waals surface area contributed by atoms with Crippen LogP contribution in [0.5, 0.6) is 0 Å². The van der Waals surface area contributed by atoms with Gasteiger partial charge >= 0.3 is 0 Å². The number of hydrogen-bond donors (Lipinski definition) is 1. The monoisotopic (exact) mass is 347 g/mol. The molecule has 2 aromatic rings. The number of hydrogen-bond acceptors (Lipinski definition) is 1. The summed E-state index contributed by atoms with van der Waals surface area (Å²) in [4.78, 5) is 2.30. The lowest BCUT2D eigenvalue weighted by Crippen LogP contribution is -2.47. The van der Waals surface area contributed by atoms with E-state index < -0.39 is 0 Å². The molecule has 1 aromatic heterocycles. The summed E-state index contributed by atoms with van der Waals surface area (Å²) in [6.07, 6.45) is 4.44. The Morgan fingerprint density at radius 1 is 1.26 bits per heavy atom. The van der Waals surface area contributed by atoms with Crippen molar-refractivity contribution in [3.63, 3.8) is 0 Å². The molecule has 1 aliphatic heterocycles. The van der Waals surface area contributed by atoms with Gasteiger partial charge in [0.2, 0.25) is 0 Å². The fourth-order valence-corrected chi connectivity index (χ4v) is 3.50. The number of nitrogens with zero attached hydrogens (tertiary/aromatic N) is 2. The second-order valence-corrected chi connectivity index (χ2v) is 6.68. The lowest BCUT2D eigenvalue weighted by Gasteiger charge is -2.39. The molecule has 0 saturated carbocycles. The van der Waals surface area contributed by atoms with Crippen molar-refractivity contribution < 1.29 is 0 Å². The fourth-order valence-electron chi connectivity index (χ4n) is 3.07. The van der Waals surface area contributed by atoms with Gasteiger partial charge in [0.15, 0.2) is 5.11 Å². The quantitative estimate of drug-likeness (QED) is 0.660. The minimum Gasteiger partial charge on any atom is -0.363 e. The summed E-state index contributed by atoms with van der Waals surface area (Å²) in [7, 11) is 0. The zero-order chi connectivity index (χ0) is 16.2. The predicted octanol–water partition coefficient (Wildman–Crippen LogP) is 4.22. The van der Waals surface area contributed by atoms with E-state index in [0.29, 0.717) is 0 Å². The summed E-state index contributed by atoms with van der Waals surface area (Å²) in [6.45, 7) is 4.99. The van der Waals surface area contributed by atoms with Crippen molar-refractivity contribution in [3.8, 4) is 0 Å². The van der Waals surface area contributed by atoms with Gasteiger partial charge in [0, 0.05) is 36.5 Å². The van der Waals surface area contributed by atoms with Crippen LogP contribution < -0.4 is 5.32 Å². The molecule has 3 rings (SSSR count). The van der Waals surface area contributed by atoms with Crippen LogP contribution >= 0.6 is 23.8 Å². The van der Waals surface area contributed by atoms with Crippen LogP contribution in [0.15, 0.2) is 42.6 Å². The highest BCUT2D eigenvalue weighted by atomic mass is 35.5. The molecule has 0 radical (unpaired) electrons. The number of fused-ring (bicyclic) bond motifs is 1. The van der Waals surface area contributed by atoms with Crippen molar-refractivity contribution >= 4 is 28.9 Å². The zero-order valence-corrected chi connectivity index (χ0v) is 14.9. The third-order valence-electron chi connectivity index (χ3n) is 4.29. The minimum atomic E-state index is 0.137. The van der Waals surface area contributed by atoms with E-state index in [1.54, 1.807) is 0 Å². The van der Waals surface area contributed by atoms with Gasteiger partial charge in [-0.3, -0.25) is 0 Å². The summed E-state index contributed by atoms with van der Waals surface area (Å²) in [6, 6.07) is 12.5. The Hall–Kier alpha value is -1.52. The lowest BCUT2D eigenvalue weighted by atomic mass is 10.0. The average Bonchev–Trinajstić information content (AvgIpc) is 3.03. The van der Waals surface area contributed by atoms with E-state index >= 15 is 0 Å². The van der Waals surface area contributed by atoms with Crippen molar-refractivity contribution in [2.45, 2.75) is 32.4 Å². The standard InChI is InChI=1S/C18H22ClN3S/c1-2-3-10-20-18(23)22-13-12-21-11-4-5-16(21)17(22)14-6-8-15(19)9-7-14/h4-9,11,17H,2-3,10,12-13H2,1H3,(H,20,23)/t17-/m1/s1. The molecule has 0 amide bonds. The second-order valence-electron chi connectivity index (χ2n) is 5.86. The van der Waals surface area contributed by atoms with Crippen LogP contribution in [-0.2, 0) is 6.54 Å². The summed E-state index contributed by atoms with van der Waals surface area (Å²) in [5.41, 5.74) is 2.49. The molecular formula is C18H22ClN3S. The van der Waals surface area contributed by atoms with Crippen LogP contribution in [0.3, 0.4) is 0 Å². The van der Waals surface area contributed by atoms with Gasteiger partial charge in [0.25, 0.3) is 0 Å². The van der Waals surface area contributed by atoms with Gasteiger partial charge in [0.1, 0.15) is 0 Å².